The minimum absolute atomic E-state index is 0.0497. The van der Waals surface area contributed by atoms with E-state index in [1.165, 1.54) is 24.3 Å². The second kappa shape index (κ2) is 29.7. The Labute approximate surface area is 406 Å². The van der Waals surface area contributed by atoms with Gasteiger partial charge in [0.2, 0.25) is 41.1 Å². The summed E-state index contributed by atoms with van der Waals surface area (Å²) in [7, 11) is 0. The van der Waals surface area contributed by atoms with Crippen LogP contribution in [0.15, 0.2) is 54.6 Å². The van der Waals surface area contributed by atoms with Crippen LogP contribution in [0.5, 0.6) is 5.75 Å². The molecule has 0 spiro atoms. The summed E-state index contributed by atoms with van der Waals surface area (Å²) in [5, 5.41) is 56.9. The lowest BCUT2D eigenvalue weighted by atomic mass is 9.87. The van der Waals surface area contributed by atoms with Crippen LogP contribution in [0.3, 0.4) is 0 Å². The molecule has 2 aromatic rings. The first-order chi connectivity index (χ1) is 33.5. The third kappa shape index (κ3) is 19.9. The Morgan fingerprint density at radius 3 is 1.65 bits per heavy atom. The number of benzene rings is 2. The van der Waals surface area contributed by atoms with E-state index in [-0.39, 0.29) is 43.6 Å². The Morgan fingerprint density at radius 2 is 1.15 bits per heavy atom. The number of phenolic OH excluding ortho intramolecular Hbond substituents is 1. The van der Waals surface area contributed by atoms with Crippen LogP contribution < -0.4 is 60.0 Å². The number of carboxylic acids is 2. The molecule has 8 atom stereocenters. The van der Waals surface area contributed by atoms with Crippen LogP contribution in [0.25, 0.3) is 0 Å². The molecule has 2 rings (SSSR count). The average molecular weight is 1000 g/mol. The number of carbonyl (C=O) groups is 11. The standard InChI is InChI=1S/C44H63N11O16/c1-4-44(19-25-8-6-5-7-9-25,55-53-29(15-24-10-12-27(59)13-11-24)38(66)37(65)28(51-46)14-23(2)3)43(71)54-52-31(18-36(63)64)40(68)48-30(17-35(61)62)39(67)49-33(22-58)42(70)50-32(21-57)41(69)47-26(20-56)16-34(45)60/h5-13,20,23,26,28-33,51-53,55,57-59H,4,14-19,21-22,46H2,1-3H3,(H2,45,60)(H,47,69)(H,48,68)(H,49,67)(H,50,70)(H,54,71)(H,61,62)(H,63,64)/t26-,28-,29-,30?,31-,32?,33-,44?/m0/s1. The number of nitrogens with one attached hydrogen (secondary N) is 9. The lowest BCUT2D eigenvalue weighted by Crippen LogP contribution is -2.68. The Balaban J connectivity index is 2.42. The van der Waals surface area contributed by atoms with Gasteiger partial charge in [-0.2, -0.15) is 0 Å². The summed E-state index contributed by atoms with van der Waals surface area (Å²) >= 11 is 0. The minimum Gasteiger partial charge on any atom is -0.508 e. The number of nitrogens with two attached hydrogens (primary N) is 2. The molecule has 0 radical (unpaired) electrons. The van der Waals surface area contributed by atoms with E-state index in [1.807, 2.05) is 29.8 Å². The molecule has 390 valence electrons. The second-order valence-electron chi connectivity index (χ2n) is 16.7. The van der Waals surface area contributed by atoms with Crippen molar-refractivity contribution < 1.29 is 78.3 Å². The number of aromatic hydroxyl groups is 1. The summed E-state index contributed by atoms with van der Waals surface area (Å²) < 4.78 is 0. The highest BCUT2D eigenvalue weighted by Gasteiger charge is 2.41. The van der Waals surface area contributed by atoms with Crippen LogP contribution in [0.4, 0.5) is 0 Å². The maximum Gasteiger partial charge on any atom is 0.305 e. The molecule has 3 unspecified atom stereocenters. The molecule has 0 saturated heterocycles. The monoisotopic (exact) mass is 1000 g/mol. The number of amides is 6. The third-order valence-electron chi connectivity index (χ3n) is 10.6. The maximum absolute atomic E-state index is 14.4. The Bertz CT molecular complexity index is 2180. The van der Waals surface area contributed by atoms with E-state index in [0.29, 0.717) is 11.1 Å². The van der Waals surface area contributed by atoms with Gasteiger partial charge in [-0.05, 0) is 48.4 Å². The second-order valence-corrected chi connectivity index (χ2v) is 16.7. The summed E-state index contributed by atoms with van der Waals surface area (Å²) in [6, 6.07) is 2.51. The third-order valence-corrected chi connectivity index (χ3v) is 10.6. The number of aliphatic hydroxyl groups excluding tert-OH is 2. The lowest BCUT2D eigenvalue weighted by Gasteiger charge is -2.35. The van der Waals surface area contributed by atoms with E-state index in [4.69, 9.17) is 11.6 Å². The van der Waals surface area contributed by atoms with E-state index in [0.717, 1.165) is 0 Å². The summed E-state index contributed by atoms with van der Waals surface area (Å²) in [6.07, 6.45) is -2.89. The van der Waals surface area contributed by atoms with Crippen molar-refractivity contribution in [3.05, 3.63) is 65.7 Å². The van der Waals surface area contributed by atoms with Crippen LogP contribution in [-0.2, 0) is 65.6 Å². The molecule has 18 N–H and O–H groups in total. The van der Waals surface area contributed by atoms with Gasteiger partial charge in [0.25, 0.3) is 5.91 Å². The number of carboxylic acid groups (broad SMARTS) is 2. The van der Waals surface area contributed by atoms with Crippen LogP contribution in [0.2, 0.25) is 0 Å². The number of carbonyl (C=O) groups excluding carboxylic acids is 9. The Kier molecular flexibility index (Phi) is 25.0. The first-order valence-electron chi connectivity index (χ1n) is 22.1. The molecule has 27 nitrogen and oxygen atoms in total. The van der Waals surface area contributed by atoms with Crippen LogP contribution >= 0.6 is 0 Å². The van der Waals surface area contributed by atoms with Crippen molar-refractivity contribution in [1.82, 2.24) is 48.4 Å². The number of phenols is 1. The molecule has 0 saturated carbocycles. The number of aliphatic carboxylic acids is 2. The lowest BCUT2D eigenvalue weighted by molar-refractivity contribution is -0.143. The quantitative estimate of drug-likeness (QED) is 0.0135. The van der Waals surface area contributed by atoms with Gasteiger partial charge in [0.1, 0.15) is 41.7 Å². The number of rotatable bonds is 34. The van der Waals surface area contributed by atoms with E-state index >= 15 is 0 Å². The zero-order chi connectivity index (χ0) is 53.4. The normalized spacial score (nSPS) is 14.9. The first kappa shape index (κ1) is 59.9. The number of ketones is 2. The molecule has 0 bridgehead atoms. The van der Waals surface area contributed by atoms with Gasteiger partial charge in [-0.15, -0.1) is 0 Å². The molecule has 0 fully saturated rings. The van der Waals surface area contributed by atoms with Gasteiger partial charge in [0, 0.05) is 6.42 Å². The molecule has 2 aromatic carbocycles. The predicted molar refractivity (Wildman–Crippen MR) is 247 cm³/mol. The highest BCUT2D eigenvalue weighted by molar-refractivity contribution is 6.41. The fourth-order valence-corrected chi connectivity index (χ4v) is 6.75. The van der Waals surface area contributed by atoms with E-state index < -0.39 is 139 Å². The van der Waals surface area contributed by atoms with Gasteiger partial charge in [-0.1, -0.05) is 63.2 Å². The van der Waals surface area contributed by atoms with Crippen LogP contribution in [-0.4, -0.2) is 152 Å². The number of aldehydes is 1. The first-order valence-corrected chi connectivity index (χ1v) is 22.1. The molecular formula is C44H63N11O16. The molecular weight excluding hydrogens is 939 g/mol. The molecule has 0 aromatic heterocycles. The van der Waals surface area contributed by atoms with Crippen molar-refractivity contribution in [1.29, 1.82) is 0 Å². The predicted octanol–water partition coefficient (Wildman–Crippen LogP) is -5.26. The van der Waals surface area contributed by atoms with Gasteiger partial charge in [0.05, 0.1) is 50.6 Å². The average Bonchev–Trinajstić information content (AvgIpc) is 3.32. The number of hydrogen-bond acceptors (Lipinski definition) is 19. The summed E-state index contributed by atoms with van der Waals surface area (Å²) in [5.41, 5.74) is 17.0. The molecule has 0 aliphatic rings. The van der Waals surface area contributed by atoms with Crippen molar-refractivity contribution in [3.8, 4) is 5.75 Å². The van der Waals surface area contributed by atoms with Gasteiger partial charge in [0.15, 0.2) is 0 Å². The van der Waals surface area contributed by atoms with Gasteiger partial charge >= 0.3 is 11.9 Å². The molecule has 6 amide bonds. The van der Waals surface area contributed by atoms with Crippen molar-refractivity contribution in [3.63, 3.8) is 0 Å². The zero-order valence-corrected chi connectivity index (χ0v) is 39.1. The molecule has 0 aliphatic heterocycles. The number of Topliss-reactive ketones (excluding diaryl/α,β-unsaturated/α-hetero) is 2. The van der Waals surface area contributed by atoms with Gasteiger partial charge < -0.3 is 57.3 Å². The van der Waals surface area contributed by atoms with Crippen molar-refractivity contribution in [2.24, 2.45) is 17.5 Å². The van der Waals surface area contributed by atoms with Crippen LogP contribution in [0, 0.1) is 5.92 Å². The van der Waals surface area contributed by atoms with Crippen molar-refractivity contribution in [2.45, 2.75) is 114 Å². The highest BCUT2D eigenvalue weighted by Crippen LogP contribution is 2.19. The van der Waals surface area contributed by atoms with E-state index in [9.17, 15) is 78.3 Å². The fraction of sp³-hybridized carbons (Fsp3) is 0.477. The maximum atomic E-state index is 14.4. The van der Waals surface area contributed by atoms with E-state index in [2.05, 4.69) is 32.4 Å². The number of hydrazine groups is 3. The highest BCUT2D eigenvalue weighted by atomic mass is 16.4. The van der Waals surface area contributed by atoms with Gasteiger partial charge in [-0.3, -0.25) is 59.2 Å². The minimum atomic E-state index is -2.09. The molecule has 0 aliphatic carbocycles. The topological polar surface area (TPSA) is 449 Å². The Morgan fingerprint density at radius 1 is 0.648 bits per heavy atom. The number of aliphatic hydroxyl groups is 2. The molecule has 27 heteroatoms. The molecule has 0 heterocycles. The van der Waals surface area contributed by atoms with Crippen molar-refractivity contribution >= 4 is 65.2 Å². The van der Waals surface area contributed by atoms with Crippen LogP contribution in [0.1, 0.15) is 64.0 Å². The fourth-order valence-electron chi connectivity index (χ4n) is 6.75. The largest absolute Gasteiger partial charge is 0.508 e. The number of hydrogen-bond donors (Lipinski definition) is 16. The zero-order valence-electron chi connectivity index (χ0n) is 39.1. The van der Waals surface area contributed by atoms with Gasteiger partial charge in [-0.25, -0.2) is 21.7 Å². The SMILES string of the molecule is CCC(Cc1ccccc1)(NN[C@@H](Cc1ccc(O)cc1)C(=O)C(=O)[C@H](CC(C)C)NN)C(=O)NN[C@@H](CC(=O)O)C(=O)NC(CC(=O)O)C(=O)N[C@@H](CO)C(=O)NC(CO)C(=O)N[C@H](C=O)CC(N)=O. The summed E-state index contributed by atoms with van der Waals surface area (Å²) in [5.74, 6) is -6.77. The summed E-state index contributed by atoms with van der Waals surface area (Å²) in [6.45, 7) is 2.94. The molecule has 71 heavy (non-hydrogen) atoms. The van der Waals surface area contributed by atoms with E-state index in [1.54, 1.807) is 37.3 Å². The smallest absolute Gasteiger partial charge is 0.305 e. The summed E-state index contributed by atoms with van der Waals surface area (Å²) in [4.78, 5) is 141. The van der Waals surface area contributed by atoms with Crippen molar-refractivity contribution in [2.75, 3.05) is 13.2 Å². The number of primary amides is 1. The Hall–Kier alpha value is -7.27.